The number of nitrogens with zero attached hydrogens (tertiary/aromatic N) is 4. The number of hydrogen-bond donors (Lipinski definition) is 1. The maximum atomic E-state index is 6.34. The molecule has 1 aromatic carbocycles. The quantitative estimate of drug-likeness (QED) is 0.323. The highest BCUT2D eigenvalue weighted by Gasteiger charge is 2.13. The van der Waals surface area contributed by atoms with Crippen LogP contribution in [0.4, 0.5) is 11.5 Å². The van der Waals surface area contributed by atoms with E-state index in [0.29, 0.717) is 59.4 Å². The van der Waals surface area contributed by atoms with Crippen LogP contribution < -0.4 is 10.1 Å². The molecule has 0 saturated heterocycles. The number of rotatable bonds is 9. The van der Waals surface area contributed by atoms with Crippen LogP contribution in [-0.2, 0) is 11.3 Å². The number of aromatic nitrogens is 4. The number of pyridine rings is 2. The second-order valence-corrected chi connectivity index (χ2v) is 8.29. The third kappa shape index (κ3) is 5.74. The molecule has 0 radical (unpaired) electrons. The minimum atomic E-state index is 0.294. The SMILES string of the molecule is CCOc1ccc(Nc2nc(COCC(C)C)nc3nc(-c4ncccc4Cl)ccc23)cc1. The van der Waals surface area contributed by atoms with Gasteiger partial charge in [0.2, 0.25) is 0 Å². The first kappa shape index (κ1) is 22.9. The topological polar surface area (TPSA) is 82.0 Å². The molecule has 0 saturated carbocycles. The summed E-state index contributed by atoms with van der Waals surface area (Å²) in [5, 5.41) is 4.70. The van der Waals surface area contributed by atoms with E-state index in [1.165, 1.54) is 0 Å². The fraction of sp³-hybridized carbons (Fsp3) is 0.280. The number of fused-ring (bicyclic) bond motifs is 1. The summed E-state index contributed by atoms with van der Waals surface area (Å²) in [6, 6.07) is 15.1. The summed E-state index contributed by atoms with van der Waals surface area (Å²) in [5.41, 5.74) is 2.68. The Morgan fingerprint density at radius 1 is 1.00 bits per heavy atom. The van der Waals surface area contributed by atoms with Gasteiger partial charge in [0.15, 0.2) is 11.5 Å². The largest absolute Gasteiger partial charge is 0.494 e. The smallest absolute Gasteiger partial charge is 0.165 e. The van der Waals surface area contributed by atoms with Crippen molar-refractivity contribution in [2.45, 2.75) is 27.4 Å². The molecule has 0 spiro atoms. The Balaban J connectivity index is 1.72. The predicted octanol–water partition coefficient (Wildman–Crippen LogP) is 6.06. The van der Waals surface area contributed by atoms with Gasteiger partial charge in [-0.1, -0.05) is 25.4 Å². The van der Waals surface area contributed by atoms with Crippen LogP contribution in [0, 0.1) is 5.92 Å². The summed E-state index contributed by atoms with van der Waals surface area (Å²) in [5.74, 6) is 2.44. The van der Waals surface area contributed by atoms with Crippen molar-refractivity contribution in [1.29, 1.82) is 0 Å². The summed E-state index contributed by atoms with van der Waals surface area (Å²) in [7, 11) is 0. The maximum absolute atomic E-state index is 6.34. The van der Waals surface area contributed by atoms with Crippen molar-refractivity contribution < 1.29 is 9.47 Å². The molecule has 4 aromatic rings. The number of anilines is 2. The first-order chi connectivity index (χ1) is 16.0. The Morgan fingerprint density at radius 3 is 2.55 bits per heavy atom. The van der Waals surface area contributed by atoms with Gasteiger partial charge in [0, 0.05) is 18.5 Å². The zero-order chi connectivity index (χ0) is 23.2. The lowest BCUT2D eigenvalue weighted by atomic mass is 10.2. The van der Waals surface area contributed by atoms with Crippen LogP contribution in [0.25, 0.3) is 22.4 Å². The molecular weight excluding hydrogens is 438 g/mol. The highest BCUT2D eigenvalue weighted by Crippen LogP contribution is 2.29. The van der Waals surface area contributed by atoms with Gasteiger partial charge in [0.05, 0.1) is 22.7 Å². The summed E-state index contributed by atoms with van der Waals surface area (Å²) >= 11 is 6.34. The van der Waals surface area contributed by atoms with E-state index in [0.717, 1.165) is 16.8 Å². The van der Waals surface area contributed by atoms with Gasteiger partial charge in [-0.25, -0.2) is 15.0 Å². The van der Waals surface area contributed by atoms with Gasteiger partial charge in [-0.2, -0.15) is 0 Å². The van der Waals surface area contributed by atoms with Crippen molar-refractivity contribution in [2.24, 2.45) is 5.92 Å². The first-order valence-corrected chi connectivity index (χ1v) is 11.3. The first-order valence-electron chi connectivity index (χ1n) is 10.9. The third-order valence-corrected chi connectivity index (χ3v) is 5.02. The normalized spacial score (nSPS) is 11.2. The minimum absolute atomic E-state index is 0.294. The molecule has 4 rings (SSSR count). The second kappa shape index (κ2) is 10.6. The lowest BCUT2D eigenvalue weighted by molar-refractivity contribution is 0.0925. The standard InChI is InChI=1S/C25H26ClN5O2/c1-4-33-18-9-7-17(8-10-18)28-24-19-11-12-21(23-20(26)6-5-13-27-23)29-25(19)31-22(30-24)15-32-14-16(2)3/h5-13,16H,4,14-15H2,1-3H3,(H,28,29,30,31). The van der Waals surface area contributed by atoms with Gasteiger partial charge in [-0.15, -0.1) is 0 Å². The number of nitrogens with one attached hydrogen (secondary N) is 1. The van der Waals surface area contributed by atoms with E-state index in [1.54, 1.807) is 18.3 Å². The van der Waals surface area contributed by atoms with Crippen molar-refractivity contribution in [2.75, 3.05) is 18.5 Å². The average molecular weight is 464 g/mol. The number of benzene rings is 1. The molecule has 3 heterocycles. The fourth-order valence-corrected chi connectivity index (χ4v) is 3.46. The number of hydrogen-bond acceptors (Lipinski definition) is 7. The minimum Gasteiger partial charge on any atom is -0.494 e. The fourth-order valence-electron chi connectivity index (χ4n) is 3.24. The molecule has 8 heteroatoms. The van der Waals surface area contributed by atoms with Crippen LogP contribution in [-0.4, -0.2) is 33.1 Å². The Kier molecular flexibility index (Phi) is 7.32. The molecule has 3 aromatic heterocycles. The van der Waals surface area contributed by atoms with Crippen molar-refractivity contribution in [3.05, 3.63) is 65.6 Å². The van der Waals surface area contributed by atoms with Crippen LogP contribution in [0.5, 0.6) is 5.75 Å². The van der Waals surface area contributed by atoms with Gasteiger partial charge >= 0.3 is 0 Å². The van der Waals surface area contributed by atoms with Crippen LogP contribution in [0.3, 0.4) is 0 Å². The lowest BCUT2D eigenvalue weighted by Crippen LogP contribution is -2.07. The molecule has 0 aliphatic heterocycles. The van der Waals surface area contributed by atoms with Crippen molar-refractivity contribution in [3.8, 4) is 17.1 Å². The van der Waals surface area contributed by atoms with Gasteiger partial charge in [0.25, 0.3) is 0 Å². The lowest BCUT2D eigenvalue weighted by Gasteiger charge is -2.13. The molecule has 0 atom stereocenters. The van der Waals surface area contributed by atoms with Gasteiger partial charge in [0.1, 0.15) is 23.9 Å². The second-order valence-electron chi connectivity index (χ2n) is 7.88. The molecule has 0 bridgehead atoms. The van der Waals surface area contributed by atoms with E-state index < -0.39 is 0 Å². The highest BCUT2D eigenvalue weighted by atomic mass is 35.5. The van der Waals surface area contributed by atoms with Gasteiger partial charge in [-0.05, 0) is 61.4 Å². The zero-order valence-electron chi connectivity index (χ0n) is 18.9. The summed E-state index contributed by atoms with van der Waals surface area (Å²) in [6.45, 7) is 7.70. The van der Waals surface area contributed by atoms with Crippen LogP contribution >= 0.6 is 11.6 Å². The van der Waals surface area contributed by atoms with Crippen LogP contribution in [0.15, 0.2) is 54.7 Å². The highest BCUT2D eigenvalue weighted by molar-refractivity contribution is 6.32. The number of ether oxygens (including phenoxy) is 2. The van der Waals surface area contributed by atoms with Gasteiger partial charge in [-0.3, -0.25) is 4.98 Å². The molecule has 7 nitrogen and oxygen atoms in total. The molecule has 33 heavy (non-hydrogen) atoms. The molecule has 0 aliphatic carbocycles. The van der Waals surface area contributed by atoms with Crippen molar-refractivity contribution in [3.63, 3.8) is 0 Å². The molecule has 0 amide bonds. The van der Waals surface area contributed by atoms with Crippen molar-refractivity contribution >= 4 is 34.1 Å². The Labute approximate surface area is 198 Å². The third-order valence-electron chi connectivity index (χ3n) is 4.72. The average Bonchev–Trinajstić information content (AvgIpc) is 2.80. The van der Waals surface area contributed by atoms with Crippen molar-refractivity contribution in [1.82, 2.24) is 19.9 Å². The van der Waals surface area contributed by atoms with E-state index in [4.69, 9.17) is 31.0 Å². The van der Waals surface area contributed by atoms with E-state index in [2.05, 4.69) is 29.1 Å². The molecule has 170 valence electrons. The molecular formula is C25H26ClN5O2. The number of halogens is 1. The monoisotopic (exact) mass is 463 g/mol. The van der Waals surface area contributed by atoms with Gasteiger partial charge < -0.3 is 14.8 Å². The maximum Gasteiger partial charge on any atom is 0.165 e. The van der Waals surface area contributed by atoms with Crippen LogP contribution in [0.2, 0.25) is 5.02 Å². The summed E-state index contributed by atoms with van der Waals surface area (Å²) in [6.07, 6.45) is 1.69. The molecule has 0 fully saturated rings. The zero-order valence-corrected chi connectivity index (χ0v) is 19.6. The van der Waals surface area contributed by atoms with Crippen LogP contribution in [0.1, 0.15) is 26.6 Å². The molecule has 0 aliphatic rings. The Hall–Kier alpha value is -3.29. The summed E-state index contributed by atoms with van der Waals surface area (Å²) in [4.78, 5) is 18.5. The molecule has 0 unspecified atom stereocenters. The van der Waals surface area contributed by atoms with E-state index in [-0.39, 0.29) is 0 Å². The van der Waals surface area contributed by atoms with E-state index >= 15 is 0 Å². The Morgan fingerprint density at radius 2 is 1.82 bits per heavy atom. The van der Waals surface area contributed by atoms with E-state index in [9.17, 15) is 0 Å². The predicted molar refractivity (Wildman–Crippen MR) is 131 cm³/mol. The molecule has 1 N–H and O–H groups in total. The Bertz CT molecular complexity index is 1230. The van der Waals surface area contributed by atoms with E-state index in [1.807, 2.05) is 43.3 Å². The summed E-state index contributed by atoms with van der Waals surface area (Å²) < 4.78 is 11.3.